The number of anilines is 1. The molecule has 2 rings (SSSR count). The maximum atomic E-state index is 12.2. The second kappa shape index (κ2) is 5.35. The Morgan fingerprint density at radius 1 is 1.40 bits per heavy atom. The molecule has 1 aromatic carbocycles. The van der Waals surface area contributed by atoms with E-state index in [0.717, 1.165) is 17.9 Å². The summed E-state index contributed by atoms with van der Waals surface area (Å²) in [6, 6.07) is 5.55. The van der Waals surface area contributed by atoms with Gasteiger partial charge < -0.3 is 15.4 Å². The van der Waals surface area contributed by atoms with Gasteiger partial charge >= 0.3 is 0 Å². The molecule has 1 saturated heterocycles. The van der Waals surface area contributed by atoms with E-state index in [0.29, 0.717) is 24.6 Å². The highest BCUT2D eigenvalue weighted by atomic mass is 16.5. The molecule has 1 aliphatic rings. The summed E-state index contributed by atoms with van der Waals surface area (Å²) in [5.41, 5.74) is 7.65. The van der Waals surface area contributed by atoms with Crippen LogP contribution < -0.4 is 10.5 Å². The van der Waals surface area contributed by atoms with Crippen molar-refractivity contribution in [2.45, 2.75) is 33.7 Å². The number of methoxy groups -OCH3 is 1. The number of amides is 1. The molecule has 110 valence electrons. The number of rotatable bonds is 3. The Bertz CT molecular complexity index is 506. The molecule has 1 fully saturated rings. The van der Waals surface area contributed by atoms with Crippen LogP contribution in [0.15, 0.2) is 18.2 Å². The van der Waals surface area contributed by atoms with Gasteiger partial charge in [-0.05, 0) is 29.5 Å². The molecule has 0 radical (unpaired) electrons. The Hall–Kier alpha value is -1.71. The standard InChI is InChI=1S/C16H24N2O2/c1-16(2,3)12-8-15(19)18(10-12)9-11-7-13(17)5-6-14(11)20-4/h5-7,12H,8-10,17H2,1-4H3. The van der Waals surface area contributed by atoms with E-state index < -0.39 is 0 Å². The average Bonchev–Trinajstić information content (AvgIpc) is 2.71. The number of carbonyl (C=O) groups is 1. The first kappa shape index (κ1) is 14.7. The van der Waals surface area contributed by atoms with E-state index in [2.05, 4.69) is 20.8 Å². The van der Waals surface area contributed by atoms with Gasteiger partial charge in [-0.15, -0.1) is 0 Å². The fourth-order valence-corrected chi connectivity index (χ4v) is 2.63. The fourth-order valence-electron chi connectivity index (χ4n) is 2.63. The molecule has 4 nitrogen and oxygen atoms in total. The maximum absolute atomic E-state index is 12.2. The Morgan fingerprint density at radius 2 is 2.10 bits per heavy atom. The van der Waals surface area contributed by atoms with Crippen molar-refractivity contribution in [2.75, 3.05) is 19.4 Å². The largest absolute Gasteiger partial charge is 0.496 e. The van der Waals surface area contributed by atoms with Crippen molar-refractivity contribution in [2.24, 2.45) is 11.3 Å². The molecule has 1 unspecified atom stereocenters. The van der Waals surface area contributed by atoms with Crippen molar-refractivity contribution in [1.29, 1.82) is 0 Å². The lowest BCUT2D eigenvalue weighted by atomic mass is 9.80. The highest BCUT2D eigenvalue weighted by Crippen LogP contribution is 2.35. The third kappa shape index (κ3) is 3.06. The van der Waals surface area contributed by atoms with Crippen molar-refractivity contribution >= 4 is 11.6 Å². The molecule has 1 aliphatic heterocycles. The zero-order valence-electron chi connectivity index (χ0n) is 12.8. The summed E-state index contributed by atoms with van der Waals surface area (Å²) >= 11 is 0. The van der Waals surface area contributed by atoms with Crippen LogP contribution >= 0.6 is 0 Å². The van der Waals surface area contributed by atoms with E-state index >= 15 is 0 Å². The van der Waals surface area contributed by atoms with Crippen molar-refractivity contribution in [3.05, 3.63) is 23.8 Å². The van der Waals surface area contributed by atoms with E-state index in [1.807, 2.05) is 23.1 Å². The lowest BCUT2D eigenvalue weighted by molar-refractivity contribution is -0.128. The first-order valence-electron chi connectivity index (χ1n) is 7.01. The Balaban J connectivity index is 2.15. The summed E-state index contributed by atoms with van der Waals surface area (Å²) < 4.78 is 5.35. The topological polar surface area (TPSA) is 55.6 Å². The van der Waals surface area contributed by atoms with Gasteiger partial charge in [0.15, 0.2) is 0 Å². The predicted molar refractivity (Wildman–Crippen MR) is 80.4 cm³/mol. The van der Waals surface area contributed by atoms with Crippen LogP contribution in [0.3, 0.4) is 0 Å². The van der Waals surface area contributed by atoms with Gasteiger partial charge in [-0.3, -0.25) is 4.79 Å². The van der Waals surface area contributed by atoms with Gasteiger partial charge in [0.05, 0.1) is 7.11 Å². The SMILES string of the molecule is COc1ccc(N)cc1CN1CC(C(C)(C)C)CC1=O. The van der Waals surface area contributed by atoms with Crippen molar-refractivity contribution in [1.82, 2.24) is 4.90 Å². The number of benzene rings is 1. The monoisotopic (exact) mass is 276 g/mol. The second-order valence-corrected chi connectivity index (χ2v) is 6.61. The van der Waals surface area contributed by atoms with E-state index in [9.17, 15) is 4.79 Å². The fraction of sp³-hybridized carbons (Fsp3) is 0.562. The highest BCUT2D eigenvalue weighted by Gasteiger charge is 2.36. The first-order chi connectivity index (χ1) is 9.31. The quantitative estimate of drug-likeness (QED) is 0.864. The minimum absolute atomic E-state index is 0.157. The molecule has 4 heteroatoms. The van der Waals surface area contributed by atoms with Crippen LogP contribution in [0.25, 0.3) is 0 Å². The molecule has 2 N–H and O–H groups in total. The summed E-state index contributed by atoms with van der Waals surface area (Å²) in [4.78, 5) is 14.1. The minimum Gasteiger partial charge on any atom is -0.496 e. The van der Waals surface area contributed by atoms with Gasteiger partial charge in [0, 0.05) is 30.8 Å². The number of ether oxygens (including phenoxy) is 1. The molecular formula is C16H24N2O2. The number of hydrogen-bond donors (Lipinski definition) is 1. The summed E-state index contributed by atoms with van der Waals surface area (Å²) in [5, 5.41) is 0. The normalized spacial score (nSPS) is 19.5. The molecular weight excluding hydrogens is 252 g/mol. The number of hydrogen-bond acceptors (Lipinski definition) is 3. The zero-order chi connectivity index (χ0) is 14.9. The first-order valence-corrected chi connectivity index (χ1v) is 7.01. The molecule has 1 amide bonds. The van der Waals surface area contributed by atoms with Crippen LogP contribution in [0, 0.1) is 11.3 Å². The molecule has 20 heavy (non-hydrogen) atoms. The lowest BCUT2D eigenvalue weighted by Crippen LogP contribution is -2.27. The van der Waals surface area contributed by atoms with Gasteiger partial charge in [-0.25, -0.2) is 0 Å². The van der Waals surface area contributed by atoms with Crippen LogP contribution in [0.5, 0.6) is 5.75 Å². The average molecular weight is 276 g/mol. The van der Waals surface area contributed by atoms with E-state index in [-0.39, 0.29) is 11.3 Å². The van der Waals surface area contributed by atoms with Gasteiger partial charge in [-0.2, -0.15) is 0 Å². The second-order valence-electron chi connectivity index (χ2n) is 6.61. The van der Waals surface area contributed by atoms with Gasteiger partial charge in [0.2, 0.25) is 5.91 Å². The Kier molecular flexibility index (Phi) is 3.93. The van der Waals surface area contributed by atoms with Crippen molar-refractivity contribution in [3.63, 3.8) is 0 Å². The maximum Gasteiger partial charge on any atom is 0.223 e. The van der Waals surface area contributed by atoms with Gasteiger partial charge in [-0.1, -0.05) is 20.8 Å². The Morgan fingerprint density at radius 3 is 2.65 bits per heavy atom. The summed E-state index contributed by atoms with van der Waals surface area (Å²) in [5.74, 6) is 1.41. The highest BCUT2D eigenvalue weighted by molar-refractivity contribution is 5.79. The van der Waals surface area contributed by atoms with Gasteiger partial charge in [0.1, 0.15) is 5.75 Å². The number of nitrogens with zero attached hydrogens (tertiary/aromatic N) is 1. The molecule has 0 aromatic heterocycles. The van der Waals surface area contributed by atoms with Crippen LogP contribution in [0.1, 0.15) is 32.8 Å². The van der Waals surface area contributed by atoms with E-state index in [1.54, 1.807) is 7.11 Å². The van der Waals surface area contributed by atoms with Gasteiger partial charge in [0.25, 0.3) is 0 Å². The molecule has 0 aliphatic carbocycles. The van der Waals surface area contributed by atoms with Crippen LogP contribution in [-0.2, 0) is 11.3 Å². The van der Waals surface area contributed by atoms with Crippen molar-refractivity contribution in [3.8, 4) is 5.75 Å². The summed E-state index contributed by atoms with van der Waals surface area (Å²) in [7, 11) is 1.64. The van der Waals surface area contributed by atoms with Crippen molar-refractivity contribution < 1.29 is 9.53 Å². The third-order valence-electron chi connectivity index (χ3n) is 4.10. The smallest absolute Gasteiger partial charge is 0.223 e. The lowest BCUT2D eigenvalue weighted by Gasteiger charge is -2.26. The van der Waals surface area contributed by atoms with E-state index in [1.165, 1.54) is 0 Å². The minimum atomic E-state index is 0.157. The van der Waals surface area contributed by atoms with Crippen LogP contribution in [-0.4, -0.2) is 24.5 Å². The summed E-state index contributed by atoms with van der Waals surface area (Å²) in [6.45, 7) is 7.94. The number of nitrogens with two attached hydrogens (primary N) is 1. The number of likely N-dealkylation sites (tertiary alicyclic amines) is 1. The molecule has 1 atom stereocenters. The van der Waals surface area contributed by atoms with E-state index in [4.69, 9.17) is 10.5 Å². The third-order valence-corrected chi connectivity index (χ3v) is 4.10. The van der Waals surface area contributed by atoms with Crippen LogP contribution in [0.4, 0.5) is 5.69 Å². The molecule has 1 heterocycles. The molecule has 1 aromatic rings. The molecule has 0 bridgehead atoms. The number of carbonyl (C=O) groups excluding carboxylic acids is 1. The van der Waals surface area contributed by atoms with Crippen LogP contribution in [0.2, 0.25) is 0 Å². The molecule has 0 spiro atoms. The predicted octanol–water partition coefficient (Wildman–Crippen LogP) is 2.67. The Labute approximate surface area is 120 Å². The number of nitrogen functional groups attached to an aromatic ring is 1. The molecule has 0 saturated carbocycles. The summed E-state index contributed by atoms with van der Waals surface area (Å²) in [6.07, 6.45) is 0.633. The zero-order valence-corrected chi connectivity index (χ0v) is 12.8.